The number of thioether (sulfide) groups is 1. The molecule has 1 saturated carbocycles. The molecule has 0 atom stereocenters. The van der Waals surface area contributed by atoms with Crippen LogP contribution >= 0.6 is 35.0 Å². The maximum absolute atomic E-state index is 5.96. The first-order valence-electron chi connectivity index (χ1n) is 5.11. The highest BCUT2D eigenvalue weighted by Crippen LogP contribution is 2.36. The Balaban J connectivity index is 2.05. The Morgan fingerprint density at radius 3 is 2.60 bits per heavy atom. The number of hydrogen-bond donors (Lipinski definition) is 0. The SMILES string of the molecule is Clc1cc(SC2CCCCC2)c(Cl)nn1. The van der Waals surface area contributed by atoms with Gasteiger partial charge in [0.15, 0.2) is 10.3 Å². The molecule has 1 aromatic heterocycles. The maximum atomic E-state index is 5.96. The van der Waals surface area contributed by atoms with E-state index < -0.39 is 0 Å². The van der Waals surface area contributed by atoms with Crippen LogP contribution in [0.25, 0.3) is 0 Å². The summed E-state index contributed by atoms with van der Waals surface area (Å²) in [7, 11) is 0. The molecule has 0 radical (unpaired) electrons. The van der Waals surface area contributed by atoms with Crippen molar-refractivity contribution in [3.63, 3.8) is 0 Å². The van der Waals surface area contributed by atoms with Gasteiger partial charge in [0.05, 0.1) is 0 Å². The zero-order valence-electron chi connectivity index (χ0n) is 8.25. The Bertz CT molecular complexity index is 340. The van der Waals surface area contributed by atoms with Crippen LogP contribution in [0.5, 0.6) is 0 Å². The third kappa shape index (κ3) is 3.23. The molecule has 1 aliphatic carbocycles. The van der Waals surface area contributed by atoms with Crippen molar-refractivity contribution < 1.29 is 0 Å². The van der Waals surface area contributed by atoms with Crippen molar-refractivity contribution in [1.29, 1.82) is 0 Å². The average Bonchev–Trinajstić information content (AvgIpc) is 2.25. The molecule has 15 heavy (non-hydrogen) atoms. The van der Waals surface area contributed by atoms with E-state index in [4.69, 9.17) is 23.2 Å². The van der Waals surface area contributed by atoms with E-state index in [1.165, 1.54) is 32.1 Å². The first-order chi connectivity index (χ1) is 7.25. The van der Waals surface area contributed by atoms with E-state index in [-0.39, 0.29) is 0 Å². The van der Waals surface area contributed by atoms with E-state index in [2.05, 4.69) is 10.2 Å². The lowest BCUT2D eigenvalue weighted by Gasteiger charge is -2.20. The fourth-order valence-electron chi connectivity index (χ4n) is 1.78. The molecule has 5 heteroatoms. The van der Waals surface area contributed by atoms with Crippen molar-refractivity contribution >= 4 is 35.0 Å². The molecule has 1 aromatic rings. The van der Waals surface area contributed by atoms with Gasteiger partial charge in [-0.2, -0.15) is 0 Å². The summed E-state index contributed by atoms with van der Waals surface area (Å²) in [6.45, 7) is 0. The van der Waals surface area contributed by atoms with Crippen LogP contribution in [0.15, 0.2) is 11.0 Å². The summed E-state index contributed by atoms with van der Waals surface area (Å²) in [5.74, 6) is 0. The van der Waals surface area contributed by atoms with Gasteiger partial charge in [0.25, 0.3) is 0 Å². The normalized spacial score (nSPS) is 18.0. The lowest BCUT2D eigenvalue weighted by Crippen LogP contribution is -2.07. The highest BCUT2D eigenvalue weighted by molar-refractivity contribution is 8.00. The molecule has 1 aliphatic rings. The zero-order valence-corrected chi connectivity index (χ0v) is 10.6. The zero-order chi connectivity index (χ0) is 10.7. The first kappa shape index (κ1) is 11.5. The highest BCUT2D eigenvalue weighted by atomic mass is 35.5. The monoisotopic (exact) mass is 262 g/mol. The van der Waals surface area contributed by atoms with Crippen molar-refractivity contribution in [2.24, 2.45) is 0 Å². The van der Waals surface area contributed by atoms with E-state index in [0.717, 1.165) is 4.90 Å². The third-order valence-electron chi connectivity index (χ3n) is 2.53. The second-order valence-corrected chi connectivity index (χ2v) is 5.79. The Morgan fingerprint density at radius 1 is 1.13 bits per heavy atom. The molecule has 2 rings (SSSR count). The summed E-state index contributed by atoms with van der Waals surface area (Å²) in [6.07, 6.45) is 6.53. The molecule has 0 N–H and O–H groups in total. The van der Waals surface area contributed by atoms with Gasteiger partial charge in [-0.25, -0.2) is 0 Å². The number of rotatable bonds is 2. The van der Waals surface area contributed by atoms with E-state index in [0.29, 0.717) is 15.6 Å². The molecular formula is C10H12Cl2N2S. The summed E-state index contributed by atoms with van der Waals surface area (Å²) < 4.78 is 0. The van der Waals surface area contributed by atoms with Gasteiger partial charge in [-0.1, -0.05) is 42.5 Å². The third-order valence-corrected chi connectivity index (χ3v) is 4.48. The number of hydrogen-bond acceptors (Lipinski definition) is 3. The Hall–Kier alpha value is 0.01000. The van der Waals surface area contributed by atoms with Crippen LogP contribution in [0.4, 0.5) is 0 Å². The number of halogens is 2. The average molecular weight is 263 g/mol. The van der Waals surface area contributed by atoms with Crippen LogP contribution in [0.3, 0.4) is 0 Å². The first-order valence-corrected chi connectivity index (χ1v) is 6.74. The number of nitrogens with zero attached hydrogens (tertiary/aromatic N) is 2. The van der Waals surface area contributed by atoms with Crippen molar-refractivity contribution in [1.82, 2.24) is 10.2 Å². The van der Waals surface area contributed by atoms with Crippen LogP contribution in [0.2, 0.25) is 10.3 Å². The fraction of sp³-hybridized carbons (Fsp3) is 0.600. The van der Waals surface area contributed by atoms with Gasteiger partial charge < -0.3 is 0 Å². The minimum absolute atomic E-state index is 0.415. The quantitative estimate of drug-likeness (QED) is 0.799. The van der Waals surface area contributed by atoms with E-state index in [1.807, 2.05) is 0 Å². The smallest absolute Gasteiger partial charge is 0.137 e. The minimum Gasteiger partial charge on any atom is -0.137 e. The standard InChI is InChI=1S/C10H12Cl2N2S/c11-9-6-8(10(12)14-13-9)15-7-4-2-1-3-5-7/h6-7H,1-5H2. The van der Waals surface area contributed by atoms with E-state index in [1.54, 1.807) is 17.8 Å². The maximum Gasteiger partial charge on any atom is 0.165 e. The molecule has 0 spiro atoms. The molecule has 0 bridgehead atoms. The van der Waals surface area contributed by atoms with E-state index in [9.17, 15) is 0 Å². The number of aromatic nitrogens is 2. The highest BCUT2D eigenvalue weighted by Gasteiger charge is 2.16. The van der Waals surface area contributed by atoms with Crippen LogP contribution in [0, 0.1) is 0 Å². The van der Waals surface area contributed by atoms with Gasteiger partial charge in [-0.3, -0.25) is 0 Å². The van der Waals surface area contributed by atoms with Gasteiger partial charge in [-0.15, -0.1) is 22.0 Å². The second-order valence-electron chi connectivity index (χ2n) is 3.70. The molecular weight excluding hydrogens is 251 g/mol. The van der Waals surface area contributed by atoms with Crippen LogP contribution < -0.4 is 0 Å². The fourth-order valence-corrected chi connectivity index (χ4v) is 3.47. The molecule has 0 saturated heterocycles. The van der Waals surface area contributed by atoms with Crippen LogP contribution in [-0.4, -0.2) is 15.4 Å². The largest absolute Gasteiger partial charge is 0.165 e. The second kappa shape index (κ2) is 5.37. The van der Waals surface area contributed by atoms with Gasteiger partial charge in [-0.05, 0) is 18.9 Å². The van der Waals surface area contributed by atoms with Gasteiger partial charge in [0.2, 0.25) is 0 Å². The Labute approximate surface area is 104 Å². The molecule has 0 aromatic carbocycles. The van der Waals surface area contributed by atoms with E-state index >= 15 is 0 Å². The summed E-state index contributed by atoms with van der Waals surface area (Å²) in [5.41, 5.74) is 0. The van der Waals surface area contributed by atoms with Crippen molar-refractivity contribution in [3.05, 3.63) is 16.4 Å². The molecule has 1 heterocycles. The molecule has 2 nitrogen and oxygen atoms in total. The predicted octanol–water partition coefficient (Wildman–Crippen LogP) is 4.21. The minimum atomic E-state index is 0.415. The molecule has 0 aliphatic heterocycles. The predicted molar refractivity (Wildman–Crippen MR) is 64.8 cm³/mol. The van der Waals surface area contributed by atoms with Crippen LogP contribution in [-0.2, 0) is 0 Å². The summed E-state index contributed by atoms with van der Waals surface area (Å²) >= 11 is 13.5. The molecule has 1 fully saturated rings. The summed E-state index contributed by atoms with van der Waals surface area (Å²) in [4.78, 5) is 0.962. The summed E-state index contributed by atoms with van der Waals surface area (Å²) in [5, 5.41) is 9.05. The van der Waals surface area contributed by atoms with Gasteiger partial charge in [0, 0.05) is 10.1 Å². The summed E-state index contributed by atoms with van der Waals surface area (Å²) in [6, 6.07) is 1.80. The Kier molecular flexibility index (Phi) is 4.12. The van der Waals surface area contributed by atoms with Crippen molar-refractivity contribution in [2.45, 2.75) is 42.2 Å². The molecule has 0 amide bonds. The van der Waals surface area contributed by atoms with Crippen molar-refractivity contribution in [3.8, 4) is 0 Å². The van der Waals surface area contributed by atoms with Crippen LogP contribution in [0.1, 0.15) is 32.1 Å². The lowest BCUT2D eigenvalue weighted by molar-refractivity contribution is 0.516. The van der Waals surface area contributed by atoms with Gasteiger partial charge in [0.1, 0.15) is 0 Å². The molecule has 82 valence electrons. The molecule has 0 unspecified atom stereocenters. The topological polar surface area (TPSA) is 25.8 Å². The van der Waals surface area contributed by atoms with Crippen molar-refractivity contribution in [2.75, 3.05) is 0 Å². The Morgan fingerprint density at radius 2 is 1.87 bits per heavy atom. The lowest BCUT2D eigenvalue weighted by atomic mass is 10.0. The van der Waals surface area contributed by atoms with Gasteiger partial charge >= 0.3 is 0 Å².